The molecule has 0 radical (unpaired) electrons. The lowest BCUT2D eigenvalue weighted by molar-refractivity contribution is 0.452. The number of benzene rings is 2. The summed E-state index contributed by atoms with van der Waals surface area (Å²) in [5, 5.41) is 14.3. The van der Waals surface area contributed by atoms with Gasteiger partial charge in [-0.25, -0.2) is 4.98 Å². The molecule has 0 saturated carbocycles. The number of phenols is 1. The Labute approximate surface area is 181 Å². The van der Waals surface area contributed by atoms with E-state index in [0.29, 0.717) is 11.3 Å². The van der Waals surface area contributed by atoms with Crippen LogP contribution in [0.15, 0.2) is 51.7 Å². The van der Waals surface area contributed by atoms with Crippen LogP contribution in [-0.4, -0.2) is 36.3 Å². The highest BCUT2D eigenvalue weighted by molar-refractivity contribution is 6.35. The van der Waals surface area contributed by atoms with Crippen molar-refractivity contribution < 1.29 is 14.3 Å². The maximum absolute atomic E-state index is 12.8. The molecular weight excluding hydrogens is 420 g/mol. The second kappa shape index (κ2) is 7.64. The molecule has 31 heavy (non-hydrogen) atoms. The molecule has 2 aromatic carbocycles. The van der Waals surface area contributed by atoms with E-state index in [4.69, 9.17) is 26.5 Å². The maximum atomic E-state index is 12.8. The normalized spacial score (nSPS) is 14.3. The Morgan fingerprint density at radius 2 is 1.97 bits per heavy atom. The number of rotatable bonds is 3. The van der Waals surface area contributed by atoms with E-state index in [0.717, 1.165) is 31.9 Å². The SMILES string of the molecule is Nc1nc2c(=O)c3c(Cl)cccc3oc2cc1Oc1ccc(N2CCNCC2)c(O)c1. The molecule has 0 amide bonds. The first kappa shape index (κ1) is 19.5. The number of nitrogens with two attached hydrogens (primary N) is 1. The van der Waals surface area contributed by atoms with Crippen LogP contribution in [-0.2, 0) is 0 Å². The molecule has 0 atom stereocenters. The van der Waals surface area contributed by atoms with Gasteiger partial charge in [-0.1, -0.05) is 17.7 Å². The molecule has 4 N–H and O–H groups in total. The predicted octanol–water partition coefficient (Wildman–Crippen LogP) is 3.48. The summed E-state index contributed by atoms with van der Waals surface area (Å²) >= 11 is 6.15. The van der Waals surface area contributed by atoms with Gasteiger partial charge in [-0.2, -0.15) is 0 Å². The van der Waals surface area contributed by atoms with Crippen LogP contribution < -0.4 is 26.1 Å². The largest absolute Gasteiger partial charge is 0.506 e. The fourth-order valence-corrected chi connectivity index (χ4v) is 3.98. The molecule has 1 aliphatic heterocycles. The highest BCUT2D eigenvalue weighted by Gasteiger charge is 2.17. The van der Waals surface area contributed by atoms with E-state index in [1.165, 1.54) is 12.1 Å². The van der Waals surface area contributed by atoms with E-state index in [9.17, 15) is 9.90 Å². The molecule has 158 valence electrons. The van der Waals surface area contributed by atoms with Gasteiger partial charge >= 0.3 is 0 Å². The summed E-state index contributed by atoms with van der Waals surface area (Å²) in [6.07, 6.45) is 0. The van der Waals surface area contributed by atoms with Gasteiger partial charge in [-0.05, 0) is 24.3 Å². The Morgan fingerprint density at radius 3 is 2.74 bits per heavy atom. The number of piperazine rings is 1. The third kappa shape index (κ3) is 3.49. The molecule has 0 spiro atoms. The molecule has 8 nitrogen and oxygen atoms in total. The minimum Gasteiger partial charge on any atom is -0.506 e. The van der Waals surface area contributed by atoms with Crippen LogP contribution in [0.2, 0.25) is 5.02 Å². The fourth-order valence-electron chi connectivity index (χ4n) is 3.73. The van der Waals surface area contributed by atoms with Crippen LogP contribution in [0.3, 0.4) is 0 Å². The van der Waals surface area contributed by atoms with Crippen molar-refractivity contribution in [1.29, 1.82) is 0 Å². The lowest BCUT2D eigenvalue weighted by Crippen LogP contribution is -2.43. The molecule has 0 bridgehead atoms. The first-order valence-electron chi connectivity index (χ1n) is 9.79. The Bertz CT molecular complexity index is 1370. The Kier molecular flexibility index (Phi) is 4.80. The predicted molar refractivity (Wildman–Crippen MR) is 120 cm³/mol. The van der Waals surface area contributed by atoms with Gasteiger partial charge in [0.25, 0.3) is 0 Å². The van der Waals surface area contributed by atoms with Gasteiger partial charge in [0.15, 0.2) is 22.7 Å². The summed E-state index contributed by atoms with van der Waals surface area (Å²) in [7, 11) is 0. The standard InChI is InChI=1S/C22H19ClN4O4/c23-13-2-1-3-16-19(13)21(29)20-17(31-16)11-18(22(24)26-20)30-12-4-5-14(15(28)10-12)27-8-6-25-7-9-27/h1-5,10-11,25,28H,6-9H2,(H2,24,26). The van der Waals surface area contributed by atoms with Crippen LogP contribution >= 0.6 is 11.6 Å². The zero-order valence-electron chi connectivity index (χ0n) is 16.4. The average Bonchev–Trinajstić information content (AvgIpc) is 2.76. The molecule has 4 aromatic rings. The topological polar surface area (TPSA) is 114 Å². The van der Waals surface area contributed by atoms with Crippen molar-refractivity contribution in [3.8, 4) is 17.2 Å². The van der Waals surface area contributed by atoms with Crippen LogP contribution in [0.4, 0.5) is 11.5 Å². The molecule has 3 heterocycles. The van der Waals surface area contributed by atoms with E-state index < -0.39 is 0 Å². The third-order valence-electron chi connectivity index (χ3n) is 5.25. The van der Waals surface area contributed by atoms with Gasteiger partial charge in [0.1, 0.15) is 17.1 Å². The number of aromatic hydroxyl groups is 1. The Morgan fingerprint density at radius 1 is 1.16 bits per heavy atom. The number of hydrogen-bond donors (Lipinski definition) is 3. The summed E-state index contributed by atoms with van der Waals surface area (Å²) in [6, 6.07) is 11.6. The average molecular weight is 439 g/mol. The highest BCUT2D eigenvalue weighted by atomic mass is 35.5. The first-order valence-corrected chi connectivity index (χ1v) is 10.2. The van der Waals surface area contributed by atoms with Crippen molar-refractivity contribution in [1.82, 2.24) is 10.3 Å². The summed E-state index contributed by atoms with van der Waals surface area (Å²) in [4.78, 5) is 19.1. The smallest absolute Gasteiger partial charge is 0.220 e. The van der Waals surface area contributed by atoms with E-state index in [1.807, 2.05) is 0 Å². The maximum Gasteiger partial charge on any atom is 0.220 e. The number of hydrogen-bond acceptors (Lipinski definition) is 8. The second-order valence-electron chi connectivity index (χ2n) is 7.25. The molecule has 5 rings (SSSR count). The van der Waals surface area contributed by atoms with Crippen molar-refractivity contribution in [3.63, 3.8) is 0 Å². The Balaban J connectivity index is 1.52. The molecule has 1 saturated heterocycles. The lowest BCUT2D eigenvalue weighted by Gasteiger charge is -2.30. The van der Waals surface area contributed by atoms with Gasteiger partial charge in [0.2, 0.25) is 5.43 Å². The minimum atomic E-state index is -0.363. The number of nitrogens with one attached hydrogen (secondary N) is 1. The number of anilines is 2. The van der Waals surface area contributed by atoms with Crippen LogP contribution in [0.25, 0.3) is 22.1 Å². The van der Waals surface area contributed by atoms with E-state index >= 15 is 0 Å². The quantitative estimate of drug-likeness (QED) is 0.416. The van der Waals surface area contributed by atoms with Crippen LogP contribution in [0.1, 0.15) is 0 Å². The van der Waals surface area contributed by atoms with Crippen molar-refractivity contribution in [3.05, 3.63) is 57.7 Å². The van der Waals surface area contributed by atoms with Crippen LogP contribution in [0, 0.1) is 0 Å². The zero-order chi connectivity index (χ0) is 21.5. The highest BCUT2D eigenvalue weighted by Crippen LogP contribution is 2.36. The van der Waals surface area contributed by atoms with Gasteiger partial charge in [-0.3, -0.25) is 4.79 Å². The van der Waals surface area contributed by atoms with Crippen LogP contribution in [0.5, 0.6) is 17.2 Å². The van der Waals surface area contributed by atoms with Crippen molar-refractivity contribution in [2.24, 2.45) is 0 Å². The Hall–Kier alpha value is -3.49. The van der Waals surface area contributed by atoms with Crippen molar-refractivity contribution >= 4 is 45.2 Å². The van der Waals surface area contributed by atoms with Crippen molar-refractivity contribution in [2.75, 3.05) is 36.8 Å². The zero-order valence-corrected chi connectivity index (χ0v) is 17.1. The first-order chi connectivity index (χ1) is 15.0. The third-order valence-corrected chi connectivity index (χ3v) is 5.57. The minimum absolute atomic E-state index is 0.0249. The van der Waals surface area contributed by atoms with E-state index in [1.54, 1.807) is 30.3 Å². The number of nitrogens with zero attached hydrogens (tertiary/aromatic N) is 2. The monoisotopic (exact) mass is 438 g/mol. The van der Waals surface area contributed by atoms with Gasteiger partial charge in [0.05, 0.1) is 16.1 Å². The number of phenolic OH excluding ortho intramolecular Hbond substituents is 1. The van der Waals surface area contributed by atoms with Gasteiger partial charge < -0.3 is 30.2 Å². The van der Waals surface area contributed by atoms with Gasteiger partial charge in [0, 0.05) is 38.3 Å². The summed E-state index contributed by atoms with van der Waals surface area (Å²) in [5.41, 5.74) is 7.07. The fraction of sp³-hybridized carbons (Fsp3) is 0.182. The van der Waals surface area contributed by atoms with E-state index in [2.05, 4.69) is 15.2 Å². The summed E-state index contributed by atoms with van der Waals surface area (Å²) in [6.45, 7) is 3.35. The molecule has 0 unspecified atom stereocenters. The number of pyridine rings is 1. The van der Waals surface area contributed by atoms with Crippen molar-refractivity contribution in [2.45, 2.75) is 0 Å². The number of aromatic nitrogens is 1. The number of fused-ring (bicyclic) bond motifs is 2. The molecule has 1 fully saturated rings. The molecule has 1 aliphatic rings. The molecule has 9 heteroatoms. The summed E-state index contributed by atoms with van der Waals surface area (Å²) < 4.78 is 11.7. The molecule has 0 aliphatic carbocycles. The van der Waals surface area contributed by atoms with E-state index in [-0.39, 0.29) is 44.3 Å². The number of ether oxygens (including phenoxy) is 1. The molecule has 2 aromatic heterocycles. The summed E-state index contributed by atoms with van der Waals surface area (Å²) in [5.74, 6) is 0.734. The lowest BCUT2D eigenvalue weighted by atomic mass is 10.2. The molecular formula is C22H19ClN4O4. The second-order valence-corrected chi connectivity index (χ2v) is 7.66. The number of nitrogen functional groups attached to an aromatic ring is 1. The van der Waals surface area contributed by atoms with Gasteiger partial charge in [-0.15, -0.1) is 0 Å². The number of halogens is 1.